The number of nitrogens with one attached hydrogen (secondary N) is 4. The first-order valence-corrected chi connectivity index (χ1v) is 17.8. The average molecular weight is 671 g/mol. The van der Waals surface area contributed by atoms with E-state index in [-0.39, 0.29) is 41.4 Å². The molecule has 0 fully saturated rings. The molecule has 0 aliphatic carbocycles. The second-order valence-corrected chi connectivity index (χ2v) is 14.1. The zero-order valence-electron chi connectivity index (χ0n) is 28.8. The second kappa shape index (κ2) is 19.9. The Labute approximate surface area is 284 Å². The number of rotatable bonds is 19. The first kappa shape index (κ1) is 39.6. The van der Waals surface area contributed by atoms with Gasteiger partial charge in [-0.1, -0.05) is 71.0 Å². The number of aromatic hydroxyl groups is 1. The van der Waals surface area contributed by atoms with E-state index in [4.69, 9.17) is 0 Å². The number of hydrogen-bond acceptors (Lipinski definition) is 7. The molecule has 0 spiro atoms. The normalized spacial score (nSPS) is 14.5. The van der Waals surface area contributed by atoms with E-state index in [9.17, 15) is 29.4 Å². The van der Waals surface area contributed by atoms with Gasteiger partial charge in [-0.05, 0) is 74.1 Å². The molecule has 0 aromatic heterocycles. The number of carbonyl (C=O) groups excluding carboxylic acids is 4. The van der Waals surface area contributed by atoms with Crippen molar-refractivity contribution in [2.24, 2.45) is 17.8 Å². The molecule has 2 aromatic rings. The minimum atomic E-state index is -1.05. The van der Waals surface area contributed by atoms with Crippen LogP contribution in [-0.4, -0.2) is 70.1 Å². The predicted octanol–water partition coefficient (Wildman–Crippen LogP) is 4.32. The van der Waals surface area contributed by atoms with Crippen LogP contribution in [-0.2, 0) is 20.9 Å². The second-order valence-electron chi connectivity index (χ2n) is 13.1. The molecule has 0 saturated carbocycles. The first-order chi connectivity index (χ1) is 22.2. The maximum atomic E-state index is 13.6. The van der Waals surface area contributed by atoms with Gasteiger partial charge in [-0.2, -0.15) is 11.8 Å². The molecular formula is C36H54N4O6S. The van der Waals surface area contributed by atoms with Crippen molar-refractivity contribution in [3.05, 3.63) is 65.2 Å². The third kappa shape index (κ3) is 13.6. The molecular weight excluding hydrogens is 616 g/mol. The largest absolute Gasteiger partial charge is 0.508 e. The van der Waals surface area contributed by atoms with Crippen LogP contribution in [0, 0.1) is 24.7 Å². The number of amides is 4. The maximum absolute atomic E-state index is 13.6. The Morgan fingerprint density at radius 2 is 1.43 bits per heavy atom. The van der Waals surface area contributed by atoms with Crippen molar-refractivity contribution in [2.45, 2.75) is 98.0 Å². The van der Waals surface area contributed by atoms with Gasteiger partial charge in [0.25, 0.3) is 5.91 Å². The van der Waals surface area contributed by atoms with Gasteiger partial charge >= 0.3 is 0 Å². The van der Waals surface area contributed by atoms with Gasteiger partial charge in [0.05, 0.1) is 12.1 Å². The van der Waals surface area contributed by atoms with Gasteiger partial charge in [0.2, 0.25) is 17.7 Å². The zero-order chi connectivity index (χ0) is 35.1. The number of aliphatic hydroxyl groups is 1. The zero-order valence-corrected chi connectivity index (χ0v) is 29.7. The molecule has 10 nitrogen and oxygen atoms in total. The number of thioether (sulfide) groups is 1. The summed E-state index contributed by atoms with van der Waals surface area (Å²) < 4.78 is 0. The molecule has 4 amide bonds. The Balaban J connectivity index is 2.10. The van der Waals surface area contributed by atoms with E-state index in [0.717, 1.165) is 5.56 Å². The molecule has 5 atom stereocenters. The fourth-order valence-electron chi connectivity index (χ4n) is 5.27. The fraction of sp³-hybridized carbons (Fsp3) is 0.556. The lowest BCUT2D eigenvalue weighted by molar-refractivity contribution is -0.132. The number of carbonyl (C=O) groups is 4. The summed E-state index contributed by atoms with van der Waals surface area (Å²) in [5.41, 5.74) is 1.64. The van der Waals surface area contributed by atoms with E-state index in [1.54, 1.807) is 37.7 Å². The van der Waals surface area contributed by atoms with E-state index in [0.29, 0.717) is 37.1 Å². The molecule has 1 unspecified atom stereocenters. The van der Waals surface area contributed by atoms with Gasteiger partial charge in [-0.3, -0.25) is 19.2 Å². The molecule has 6 N–H and O–H groups in total. The summed E-state index contributed by atoms with van der Waals surface area (Å²) in [5.74, 6) is -1.30. The summed E-state index contributed by atoms with van der Waals surface area (Å²) in [5, 5.41) is 32.9. The standard InChI is InChI=1S/C36H54N4O6S/c1-22(2)18-29(39-36(46)28(16-17-47-7)38-34(44)27-14-11-15-31(41)25(27)6)32(42)20-24(5)33(43)40-30(19-23(3)4)35(45)37-21-26-12-9-8-10-13-26/h8-15,22-24,28-30,32,41-42H,16-21H2,1-7H3,(H,37,45)(H,38,44)(H,39,46)(H,40,43)/t24-,28?,29+,30+,32+/m1/s1. The Morgan fingerprint density at radius 3 is 2.04 bits per heavy atom. The maximum Gasteiger partial charge on any atom is 0.252 e. The molecule has 0 aliphatic rings. The molecule has 0 bridgehead atoms. The number of benzene rings is 2. The molecule has 2 rings (SSSR count). The van der Waals surface area contributed by atoms with Gasteiger partial charge in [0.15, 0.2) is 0 Å². The average Bonchev–Trinajstić information content (AvgIpc) is 3.02. The highest BCUT2D eigenvalue weighted by Crippen LogP contribution is 2.20. The van der Waals surface area contributed by atoms with Crippen LogP contribution in [0.5, 0.6) is 5.75 Å². The molecule has 0 radical (unpaired) electrons. The van der Waals surface area contributed by atoms with Gasteiger partial charge in [0.1, 0.15) is 17.8 Å². The number of hydrogen-bond donors (Lipinski definition) is 6. The summed E-state index contributed by atoms with van der Waals surface area (Å²) in [7, 11) is 0. The van der Waals surface area contributed by atoms with Crippen LogP contribution in [0.1, 0.15) is 81.8 Å². The summed E-state index contributed by atoms with van der Waals surface area (Å²) in [6.45, 7) is 11.6. The highest BCUT2D eigenvalue weighted by molar-refractivity contribution is 7.98. The SMILES string of the molecule is CSCCC(NC(=O)c1cccc(O)c1C)C(=O)N[C@@H](CC(C)C)[C@@H](O)C[C@@H](C)C(=O)N[C@@H](CC(C)C)C(=O)NCc1ccccc1. The number of aliphatic hydroxyl groups excluding tert-OH is 1. The summed E-state index contributed by atoms with van der Waals surface area (Å²) in [6, 6.07) is 11.9. The van der Waals surface area contributed by atoms with Crippen molar-refractivity contribution < 1.29 is 29.4 Å². The summed E-state index contributed by atoms with van der Waals surface area (Å²) in [4.78, 5) is 53.0. The Morgan fingerprint density at radius 1 is 0.766 bits per heavy atom. The lowest BCUT2D eigenvalue weighted by Gasteiger charge is -2.30. The van der Waals surface area contributed by atoms with E-state index in [1.165, 1.54) is 6.07 Å². The van der Waals surface area contributed by atoms with Crippen LogP contribution >= 0.6 is 11.8 Å². The molecule has 11 heteroatoms. The van der Waals surface area contributed by atoms with Crippen LogP contribution in [0.15, 0.2) is 48.5 Å². The lowest BCUT2D eigenvalue weighted by Crippen LogP contribution is -2.54. The lowest BCUT2D eigenvalue weighted by atomic mass is 9.91. The van der Waals surface area contributed by atoms with E-state index < -0.39 is 42.0 Å². The van der Waals surface area contributed by atoms with E-state index in [1.807, 2.05) is 64.3 Å². The van der Waals surface area contributed by atoms with Crippen LogP contribution in [0.25, 0.3) is 0 Å². The number of phenols is 1. The molecule has 2 aromatic carbocycles. The third-order valence-corrected chi connectivity index (χ3v) is 8.64. The monoisotopic (exact) mass is 670 g/mol. The van der Waals surface area contributed by atoms with Crippen LogP contribution in [0.4, 0.5) is 0 Å². The minimum absolute atomic E-state index is 0.00983. The van der Waals surface area contributed by atoms with Crippen molar-refractivity contribution in [3.63, 3.8) is 0 Å². The van der Waals surface area contributed by atoms with Crippen LogP contribution in [0.2, 0.25) is 0 Å². The topological polar surface area (TPSA) is 157 Å². The van der Waals surface area contributed by atoms with Crippen molar-refractivity contribution in [3.8, 4) is 5.75 Å². The van der Waals surface area contributed by atoms with E-state index in [2.05, 4.69) is 21.3 Å². The van der Waals surface area contributed by atoms with Crippen molar-refractivity contribution in [2.75, 3.05) is 12.0 Å². The molecule has 0 saturated heterocycles. The molecule has 260 valence electrons. The quantitative estimate of drug-likeness (QED) is 0.130. The smallest absolute Gasteiger partial charge is 0.252 e. The molecule has 47 heavy (non-hydrogen) atoms. The van der Waals surface area contributed by atoms with Gasteiger partial charge in [-0.25, -0.2) is 0 Å². The number of phenolic OH excluding ortho intramolecular Hbond substituents is 1. The Hall–Kier alpha value is -3.57. The fourth-order valence-corrected chi connectivity index (χ4v) is 5.74. The van der Waals surface area contributed by atoms with Crippen LogP contribution < -0.4 is 21.3 Å². The minimum Gasteiger partial charge on any atom is -0.508 e. The van der Waals surface area contributed by atoms with Gasteiger partial charge < -0.3 is 31.5 Å². The Bertz CT molecular complexity index is 1310. The van der Waals surface area contributed by atoms with Crippen molar-refractivity contribution >= 4 is 35.4 Å². The highest BCUT2D eigenvalue weighted by Gasteiger charge is 2.31. The van der Waals surface area contributed by atoms with Crippen molar-refractivity contribution in [1.82, 2.24) is 21.3 Å². The first-order valence-electron chi connectivity index (χ1n) is 16.4. The third-order valence-electron chi connectivity index (χ3n) is 7.99. The van der Waals surface area contributed by atoms with E-state index >= 15 is 0 Å². The Kier molecular flexibility index (Phi) is 16.8. The predicted molar refractivity (Wildman–Crippen MR) is 188 cm³/mol. The van der Waals surface area contributed by atoms with Gasteiger partial charge in [0, 0.05) is 23.6 Å². The van der Waals surface area contributed by atoms with Crippen LogP contribution in [0.3, 0.4) is 0 Å². The highest BCUT2D eigenvalue weighted by atomic mass is 32.2. The summed E-state index contributed by atoms with van der Waals surface area (Å²) >= 11 is 1.54. The molecule has 0 aliphatic heterocycles. The summed E-state index contributed by atoms with van der Waals surface area (Å²) in [6.07, 6.45) is 2.19. The molecule has 0 heterocycles. The van der Waals surface area contributed by atoms with Gasteiger partial charge in [-0.15, -0.1) is 0 Å². The van der Waals surface area contributed by atoms with Crippen molar-refractivity contribution in [1.29, 1.82) is 0 Å².